The lowest BCUT2D eigenvalue weighted by molar-refractivity contribution is -0.384. The first kappa shape index (κ1) is 31.2. The topological polar surface area (TPSA) is 144 Å². The molecule has 4 atom stereocenters. The number of carbonyl (C=O) groups is 5. The van der Waals surface area contributed by atoms with E-state index in [-0.39, 0.29) is 32.2 Å². The standard InChI is InChI=1S/C31H25Br2N3O8/c1-17-2-4-20(5-3-17)31(41)44-22-12-8-18(9-13-22)27(37)16-34(28(38)19-6-10-21(11-7-19)36(42)43)35-29(39)23-14-25(32)26(33)15-24(23)30(35)40/h2-13,23-26H,14-16H2,1H3/t23-,24+,25-,26-/m0/s1. The van der Waals surface area contributed by atoms with Crippen molar-refractivity contribution in [3.05, 3.63) is 105 Å². The Hall–Kier alpha value is -4.23. The third-order valence-corrected chi connectivity index (χ3v) is 10.4. The van der Waals surface area contributed by atoms with Gasteiger partial charge in [0.05, 0.1) is 22.3 Å². The predicted molar refractivity (Wildman–Crippen MR) is 165 cm³/mol. The van der Waals surface area contributed by atoms with Crippen LogP contribution in [0.25, 0.3) is 0 Å². The number of hydrogen-bond acceptors (Lipinski definition) is 8. The lowest BCUT2D eigenvalue weighted by Gasteiger charge is -2.30. The van der Waals surface area contributed by atoms with Gasteiger partial charge in [0, 0.05) is 32.9 Å². The number of aryl methyl sites for hydroxylation is 1. The lowest BCUT2D eigenvalue weighted by atomic mass is 9.81. The van der Waals surface area contributed by atoms with Crippen LogP contribution < -0.4 is 4.74 Å². The van der Waals surface area contributed by atoms with Crippen molar-refractivity contribution in [2.75, 3.05) is 6.54 Å². The molecular weight excluding hydrogens is 702 g/mol. The van der Waals surface area contributed by atoms with Crippen LogP contribution in [0.2, 0.25) is 0 Å². The van der Waals surface area contributed by atoms with Gasteiger partial charge in [-0.05, 0) is 68.3 Å². The van der Waals surface area contributed by atoms with Gasteiger partial charge in [0.15, 0.2) is 5.78 Å². The fraction of sp³-hybridized carbons (Fsp3) is 0.258. The molecule has 1 heterocycles. The molecule has 226 valence electrons. The van der Waals surface area contributed by atoms with Gasteiger partial charge in [0.1, 0.15) is 12.3 Å². The van der Waals surface area contributed by atoms with E-state index in [9.17, 15) is 34.1 Å². The molecule has 0 N–H and O–H groups in total. The van der Waals surface area contributed by atoms with Crippen LogP contribution in [0.4, 0.5) is 5.69 Å². The van der Waals surface area contributed by atoms with Crippen LogP contribution in [0.3, 0.4) is 0 Å². The zero-order valence-electron chi connectivity index (χ0n) is 23.2. The van der Waals surface area contributed by atoms with Crippen molar-refractivity contribution in [3.63, 3.8) is 0 Å². The highest BCUT2D eigenvalue weighted by atomic mass is 79.9. The second kappa shape index (κ2) is 12.8. The van der Waals surface area contributed by atoms with Crippen LogP contribution in [0, 0.1) is 28.9 Å². The summed E-state index contributed by atoms with van der Waals surface area (Å²) in [6, 6.07) is 17.2. The number of amides is 3. The largest absolute Gasteiger partial charge is 0.423 e. The molecule has 2 aliphatic rings. The zero-order valence-corrected chi connectivity index (χ0v) is 26.4. The maximum atomic E-state index is 13.7. The summed E-state index contributed by atoms with van der Waals surface area (Å²) in [5.74, 6) is -4.36. The van der Waals surface area contributed by atoms with E-state index in [0.717, 1.165) is 27.7 Å². The van der Waals surface area contributed by atoms with Crippen LogP contribution in [0.1, 0.15) is 49.5 Å². The number of ether oxygens (including phenoxy) is 1. The van der Waals surface area contributed by atoms with Gasteiger partial charge in [-0.3, -0.25) is 29.3 Å². The zero-order chi connectivity index (χ0) is 31.7. The smallest absolute Gasteiger partial charge is 0.343 e. The van der Waals surface area contributed by atoms with E-state index < -0.39 is 52.8 Å². The second-order valence-electron chi connectivity index (χ2n) is 10.6. The summed E-state index contributed by atoms with van der Waals surface area (Å²) in [4.78, 5) is 77.1. The maximum absolute atomic E-state index is 13.7. The molecular formula is C31H25Br2N3O8. The first-order valence-electron chi connectivity index (χ1n) is 13.6. The Labute approximate surface area is 268 Å². The summed E-state index contributed by atoms with van der Waals surface area (Å²) in [5.41, 5.74) is 1.18. The number of nitro groups is 1. The normalized spacial score (nSPS) is 21.0. The number of benzene rings is 3. The third-order valence-electron chi connectivity index (χ3n) is 7.66. The Bertz CT molecular complexity index is 1620. The molecule has 1 aliphatic heterocycles. The van der Waals surface area contributed by atoms with Crippen molar-refractivity contribution in [2.45, 2.75) is 29.4 Å². The first-order chi connectivity index (χ1) is 20.9. The average Bonchev–Trinajstić information content (AvgIpc) is 3.24. The van der Waals surface area contributed by atoms with Gasteiger partial charge in [-0.25, -0.2) is 9.80 Å². The number of imide groups is 1. The van der Waals surface area contributed by atoms with E-state index in [1.165, 1.54) is 36.4 Å². The molecule has 1 saturated carbocycles. The molecule has 0 aromatic heterocycles. The molecule has 3 amide bonds. The van der Waals surface area contributed by atoms with Crippen molar-refractivity contribution in [1.82, 2.24) is 10.0 Å². The number of hydrazine groups is 1. The van der Waals surface area contributed by atoms with Gasteiger partial charge in [0.2, 0.25) is 0 Å². The second-order valence-corrected chi connectivity index (χ2v) is 12.9. The molecule has 0 spiro atoms. The summed E-state index contributed by atoms with van der Waals surface area (Å²) in [7, 11) is 0. The number of halogens is 2. The monoisotopic (exact) mass is 725 g/mol. The number of carbonyl (C=O) groups excluding carboxylic acids is 5. The number of nitro benzene ring substituents is 1. The van der Waals surface area contributed by atoms with Gasteiger partial charge < -0.3 is 4.74 Å². The van der Waals surface area contributed by atoms with Crippen molar-refractivity contribution >= 4 is 67.0 Å². The number of alkyl halides is 2. The molecule has 1 aliphatic carbocycles. The quantitative estimate of drug-likeness (QED) is 0.0580. The van der Waals surface area contributed by atoms with Gasteiger partial charge in [-0.2, -0.15) is 5.01 Å². The summed E-state index contributed by atoms with van der Waals surface area (Å²) < 4.78 is 5.39. The van der Waals surface area contributed by atoms with E-state index in [2.05, 4.69) is 31.9 Å². The molecule has 0 radical (unpaired) electrons. The Morgan fingerprint density at radius 2 is 1.34 bits per heavy atom. The molecule has 5 rings (SSSR count). The van der Waals surface area contributed by atoms with Crippen LogP contribution in [0.5, 0.6) is 5.75 Å². The van der Waals surface area contributed by atoms with E-state index >= 15 is 0 Å². The molecule has 0 unspecified atom stereocenters. The Morgan fingerprint density at radius 3 is 1.86 bits per heavy atom. The fourth-order valence-corrected chi connectivity index (χ4v) is 6.45. The van der Waals surface area contributed by atoms with Crippen molar-refractivity contribution in [1.29, 1.82) is 0 Å². The van der Waals surface area contributed by atoms with E-state index in [0.29, 0.717) is 18.4 Å². The molecule has 13 heteroatoms. The number of non-ortho nitro benzene ring substituents is 1. The first-order valence-corrected chi connectivity index (χ1v) is 15.4. The minimum Gasteiger partial charge on any atom is -0.423 e. The Kier molecular flexibility index (Phi) is 9.07. The lowest BCUT2D eigenvalue weighted by Crippen LogP contribution is -2.52. The fourth-order valence-electron chi connectivity index (χ4n) is 5.22. The van der Waals surface area contributed by atoms with Crippen LogP contribution >= 0.6 is 31.9 Å². The summed E-state index contributed by atoms with van der Waals surface area (Å²) in [6.07, 6.45) is 0.718. The molecule has 11 nitrogen and oxygen atoms in total. The van der Waals surface area contributed by atoms with Gasteiger partial charge >= 0.3 is 5.97 Å². The van der Waals surface area contributed by atoms with Crippen molar-refractivity contribution in [3.8, 4) is 5.75 Å². The number of fused-ring (bicyclic) bond motifs is 1. The highest BCUT2D eigenvalue weighted by Crippen LogP contribution is 2.43. The maximum Gasteiger partial charge on any atom is 0.343 e. The van der Waals surface area contributed by atoms with Crippen LogP contribution in [-0.4, -0.2) is 60.6 Å². The number of esters is 1. The summed E-state index contributed by atoms with van der Waals surface area (Å²) >= 11 is 7.07. The number of nitrogens with zero attached hydrogens (tertiary/aromatic N) is 3. The highest BCUT2D eigenvalue weighted by molar-refractivity contribution is 9.12. The highest BCUT2D eigenvalue weighted by Gasteiger charge is 2.54. The van der Waals surface area contributed by atoms with Crippen molar-refractivity contribution < 1.29 is 33.6 Å². The van der Waals surface area contributed by atoms with E-state index in [4.69, 9.17) is 4.74 Å². The minimum absolute atomic E-state index is 0.0472. The predicted octanol–water partition coefficient (Wildman–Crippen LogP) is 5.28. The molecule has 3 aromatic carbocycles. The molecule has 3 aromatic rings. The molecule has 1 saturated heterocycles. The summed E-state index contributed by atoms with van der Waals surface area (Å²) in [5, 5.41) is 12.7. The van der Waals surface area contributed by atoms with Crippen LogP contribution in [-0.2, 0) is 9.59 Å². The number of ketones is 1. The number of hydrogen-bond donors (Lipinski definition) is 0. The Morgan fingerprint density at radius 1 is 0.841 bits per heavy atom. The SMILES string of the molecule is Cc1ccc(C(=O)Oc2ccc(C(=O)CN(C(=O)c3ccc([N+](=O)[O-])cc3)N3C(=O)[C@H]4C[C@H](Br)[C@@H](Br)C[C@H]4C3=O)cc2)cc1. The van der Waals surface area contributed by atoms with Crippen LogP contribution in [0.15, 0.2) is 72.8 Å². The van der Waals surface area contributed by atoms with Gasteiger partial charge in [-0.15, -0.1) is 0 Å². The van der Waals surface area contributed by atoms with Gasteiger partial charge in [-0.1, -0.05) is 49.6 Å². The number of rotatable bonds is 8. The van der Waals surface area contributed by atoms with E-state index in [1.807, 2.05) is 6.92 Å². The molecule has 44 heavy (non-hydrogen) atoms. The molecule has 0 bridgehead atoms. The number of Topliss-reactive ketones (excluding diaryl/α,β-unsaturated/α-hetero) is 1. The van der Waals surface area contributed by atoms with Gasteiger partial charge in [0.25, 0.3) is 23.4 Å². The van der Waals surface area contributed by atoms with E-state index in [1.54, 1.807) is 24.3 Å². The minimum atomic E-state index is -0.844. The summed E-state index contributed by atoms with van der Waals surface area (Å²) in [6.45, 7) is 1.23. The average molecular weight is 727 g/mol. The third kappa shape index (κ3) is 6.34. The molecule has 2 fully saturated rings. The Balaban J connectivity index is 1.39. The van der Waals surface area contributed by atoms with Crippen molar-refractivity contribution in [2.24, 2.45) is 11.8 Å².